The van der Waals surface area contributed by atoms with Gasteiger partial charge in [0.1, 0.15) is 11.6 Å². The lowest BCUT2D eigenvalue weighted by Crippen LogP contribution is -1.84. The van der Waals surface area contributed by atoms with E-state index in [4.69, 9.17) is 5.11 Å². The van der Waals surface area contributed by atoms with E-state index in [1.807, 2.05) is 30.5 Å². The number of H-pyrrole nitrogens is 1. The van der Waals surface area contributed by atoms with Crippen LogP contribution in [-0.2, 0) is 0 Å². The monoisotopic (exact) mass is 226 g/mol. The average molecular weight is 226 g/mol. The fourth-order valence-electron chi connectivity index (χ4n) is 1.88. The van der Waals surface area contributed by atoms with Crippen LogP contribution < -0.4 is 0 Å². The smallest absolute Gasteiger partial charge is 0.135 e. The highest BCUT2D eigenvalue weighted by Crippen LogP contribution is 2.27. The zero-order valence-corrected chi connectivity index (χ0v) is 8.87. The molecule has 2 aromatic carbocycles. The van der Waals surface area contributed by atoms with Crippen LogP contribution in [0.1, 0.15) is 0 Å². The summed E-state index contributed by atoms with van der Waals surface area (Å²) < 4.78 is 13.7. The van der Waals surface area contributed by atoms with E-state index < -0.39 is 5.82 Å². The van der Waals surface area contributed by atoms with Crippen LogP contribution in [0.25, 0.3) is 22.0 Å². The van der Waals surface area contributed by atoms with E-state index in [1.165, 1.54) is 6.07 Å². The molecule has 1 aromatic heterocycles. The fourth-order valence-corrected chi connectivity index (χ4v) is 1.88. The number of hydrogen-bond acceptors (Lipinski definition) is 1. The summed E-state index contributed by atoms with van der Waals surface area (Å²) in [7, 11) is 0. The molecule has 3 aromatic rings. The molecule has 3 rings (SSSR count). The molecule has 0 atom stereocenters. The minimum atomic E-state index is -0.476. The van der Waals surface area contributed by atoms with Crippen molar-refractivity contribution in [1.82, 2.24) is 4.98 Å². The zero-order chi connectivity index (χ0) is 11.8. The minimum Gasteiger partial charge on any atom is -0.508 e. The summed E-state index contributed by atoms with van der Waals surface area (Å²) in [5.74, 6) is -0.594. The Hall–Kier alpha value is -2.29. The first-order valence-electron chi connectivity index (χ1n) is 5.22. The van der Waals surface area contributed by atoms with Gasteiger partial charge in [-0.3, -0.25) is 0 Å². The van der Waals surface area contributed by atoms with Crippen LogP contribution in [0.15, 0.2) is 42.6 Å². The van der Waals surface area contributed by atoms with Gasteiger partial charge in [0.05, 0.1) is 0 Å². The number of fused-ring (bicyclic) bond motifs is 1. The van der Waals surface area contributed by atoms with Crippen LogP contribution in [-0.4, -0.2) is 10.1 Å². The van der Waals surface area contributed by atoms with Gasteiger partial charge < -0.3 is 10.1 Å². The van der Waals surface area contributed by atoms with Crippen molar-refractivity contribution in [3.8, 4) is 16.9 Å². The fraction of sp³-hybridized carbons (Fsp3) is 0. The summed E-state index contributed by atoms with van der Waals surface area (Å²) in [6.45, 7) is 0. The standard InChI is InChI=1S/C14H9FNO/c15-13-8-11(17)3-4-12(13)10-2-1-9-5-6-16-14(9)7-10/h1-3,5-8,16-17H. The summed E-state index contributed by atoms with van der Waals surface area (Å²) >= 11 is 0. The summed E-state index contributed by atoms with van der Waals surface area (Å²) in [4.78, 5) is 3.07. The maximum absolute atomic E-state index is 13.7. The first kappa shape index (κ1) is 9.90. The predicted octanol–water partition coefficient (Wildman–Crippen LogP) is 3.48. The van der Waals surface area contributed by atoms with Crippen molar-refractivity contribution in [2.24, 2.45) is 0 Å². The van der Waals surface area contributed by atoms with Crippen LogP contribution in [0.2, 0.25) is 0 Å². The molecule has 2 N–H and O–H groups in total. The molecule has 0 spiro atoms. The second-order valence-electron chi connectivity index (χ2n) is 3.86. The predicted molar refractivity (Wildman–Crippen MR) is 64.2 cm³/mol. The Morgan fingerprint density at radius 3 is 2.88 bits per heavy atom. The van der Waals surface area contributed by atoms with Gasteiger partial charge in [0.2, 0.25) is 0 Å². The Kier molecular flexibility index (Phi) is 2.11. The molecule has 3 heteroatoms. The van der Waals surface area contributed by atoms with E-state index in [1.54, 1.807) is 0 Å². The lowest BCUT2D eigenvalue weighted by atomic mass is 10.0. The van der Waals surface area contributed by atoms with Crippen LogP contribution in [0.5, 0.6) is 5.75 Å². The highest BCUT2D eigenvalue weighted by molar-refractivity contribution is 5.84. The Bertz CT molecular complexity index is 688. The minimum absolute atomic E-state index is 0.118. The molecule has 0 bridgehead atoms. The van der Waals surface area contributed by atoms with Crippen molar-refractivity contribution in [2.75, 3.05) is 0 Å². The number of hydrogen-bond donors (Lipinski definition) is 2. The van der Waals surface area contributed by atoms with Crippen molar-refractivity contribution in [1.29, 1.82) is 0 Å². The zero-order valence-electron chi connectivity index (χ0n) is 8.87. The van der Waals surface area contributed by atoms with Crippen molar-refractivity contribution in [2.45, 2.75) is 0 Å². The molecular weight excluding hydrogens is 217 g/mol. The molecule has 2 nitrogen and oxygen atoms in total. The molecule has 0 saturated heterocycles. The third-order valence-corrected chi connectivity index (χ3v) is 2.72. The van der Waals surface area contributed by atoms with Crippen LogP contribution in [0.4, 0.5) is 4.39 Å². The molecule has 0 saturated carbocycles. The number of rotatable bonds is 1. The van der Waals surface area contributed by atoms with Gasteiger partial charge >= 0.3 is 0 Å². The Morgan fingerprint density at radius 1 is 1.18 bits per heavy atom. The van der Waals surface area contributed by atoms with Crippen molar-refractivity contribution >= 4 is 10.9 Å². The molecule has 0 unspecified atom stereocenters. The number of aromatic nitrogens is 1. The van der Waals surface area contributed by atoms with E-state index in [2.05, 4.69) is 11.1 Å². The highest BCUT2D eigenvalue weighted by Gasteiger charge is 2.07. The van der Waals surface area contributed by atoms with Crippen molar-refractivity contribution < 1.29 is 9.50 Å². The summed E-state index contributed by atoms with van der Waals surface area (Å²) in [5, 5.41) is 10.2. The number of aromatic amines is 1. The van der Waals surface area contributed by atoms with Gasteiger partial charge in [-0.05, 0) is 35.2 Å². The van der Waals surface area contributed by atoms with Crippen LogP contribution >= 0.6 is 0 Å². The van der Waals surface area contributed by atoms with Crippen molar-refractivity contribution in [3.63, 3.8) is 0 Å². The first-order valence-corrected chi connectivity index (χ1v) is 5.22. The number of aromatic hydroxyl groups is 1. The molecule has 83 valence electrons. The van der Waals surface area contributed by atoms with Gasteiger partial charge in [-0.2, -0.15) is 0 Å². The third kappa shape index (κ3) is 1.65. The third-order valence-electron chi connectivity index (χ3n) is 2.72. The van der Waals surface area contributed by atoms with Crippen LogP contribution in [0, 0.1) is 11.9 Å². The largest absolute Gasteiger partial charge is 0.508 e. The number of phenols is 1. The van der Waals surface area contributed by atoms with Gasteiger partial charge in [0, 0.05) is 23.3 Å². The maximum atomic E-state index is 13.7. The lowest BCUT2D eigenvalue weighted by molar-refractivity contribution is 0.469. The lowest BCUT2D eigenvalue weighted by Gasteiger charge is -2.03. The number of nitrogens with one attached hydrogen (secondary N) is 1. The summed E-state index contributed by atoms with van der Waals surface area (Å²) in [5.41, 5.74) is 2.04. The van der Waals surface area contributed by atoms with E-state index in [9.17, 15) is 4.39 Å². The quantitative estimate of drug-likeness (QED) is 0.654. The average Bonchev–Trinajstić information content (AvgIpc) is 2.75. The first-order chi connectivity index (χ1) is 8.24. The van der Waals surface area contributed by atoms with Gasteiger partial charge in [-0.15, -0.1) is 0 Å². The Morgan fingerprint density at radius 2 is 2.06 bits per heavy atom. The molecule has 1 radical (unpaired) electrons. The normalized spacial score (nSPS) is 10.9. The second kappa shape index (κ2) is 3.63. The van der Waals surface area contributed by atoms with Gasteiger partial charge in [-0.25, -0.2) is 4.39 Å². The molecule has 0 fully saturated rings. The van der Waals surface area contributed by atoms with Gasteiger partial charge in [0.15, 0.2) is 0 Å². The van der Waals surface area contributed by atoms with Crippen molar-refractivity contribution in [3.05, 3.63) is 54.5 Å². The number of benzene rings is 2. The second-order valence-corrected chi connectivity index (χ2v) is 3.86. The molecular formula is C14H9FNO. The van der Waals surface area contributed by atoms with Gasteiger partial charge in [-0.1, -0.05) is 12.1 Å². The van der Waals surface area contributed by atoms with Gasteiger partial charge in [0.25, 0.3) is 0 Å². The number of phenolic OH excluding ortho intramolecular Hbond substituents is 1. The molecule has 0 aliphatic rings. The Labute approximate surface area is 97.3 Å². The Balaban J connectivity index is 2.19. The molecule has 0 amide bonds. The number of halogens is 1. The van der Waals surface area contributed by atoms with Crippen LogP contribution in [0.3, 0.4) is 0 Å². The SMILES string of the molecule is Oc1c[c]c(-c2ccc3cc[nH]c3c2)c(F)c1. The summed E-state index contributed by atoms with van der Waals surface area (Å²) in [6.07, 6.45) is 1.84. The molecule has 0 aliphatic carbocycles. The van der Waals surface area contributed by atoms with E-state index in [-0.39, 0.29) is 5.75 Å². The molecule has 17 heavy (non-hydrogen) atoms. The van der Waals surface area contributed by atoms with E-state index in [0.717, 1.165) is 22.5 Å². The summed E-state index contributed by atoms with van der Waals surface area (Å²) in [6, 6.07) is 12.8. The van der Waals surface area contributed by atoms with E-state index >= 15 is 0 Å². The molecule has 0 aliphatic heterocycles. The topological polar surface area (TPSA) is 36.0 Å². The van der Waals surface area contributed by atoms with E-state index in [0.29, 0.717) is 5.56 Å². The molecule has 1 heterocycles. The maximum Gasteiger partial charge on any atom is 0.135 e. The highest BCUT2D eigenvalue weighted by atomic mass is 19.1.